The van der Waals surface area contributed by atoms with Gasteiger partial charge in [0.1, 0.15) is 5.75 Å². The first-order valence-electron chi connectivity index (χ1n) is 11.7. The minimum Gasteiger partial charge on any atom is -0.507 e. The number of ether oxygens (including phenoxy) is 2. The fraction of sp³-hybridized carbons (Fsp3) is 0.630. The van der Waals surface area contributed by atoms with Crippen molar-refractivity contribution in [1.29, 1.82) is 0 Å². The fourth-order valence-electron chi connectivity index (χ4n) is 2.89. The Morgan fingerprint density at radius 1 is 1.09 bits per heavy atom. The molecule has 1 aromatic carbocycles. The van der Waals surface area contributed by atoms with E-state index >= 15 is 0 Å². The summed E-state index contributed by atoms with van der Waals surface area (Å²) >= 11 is 0. The van der Waals surface area contributed by atoms with Gasteiger partial charge in [0.05, 0.1) is 6.61 Å². The average Bonchev–Trinajstić information content (AvgIpc) is 2.66. The molecule has 0 fully saturated rings. The smallest absolute Gasteiger partial charge is 0.406 e. The molecule has 0 aliphatic carbocycles. The molecule has 0 aromatic heterocycles. The zero-order valence-corrected chi connectivity index (χ0v) is 22.9. The largest absolute Gasteiger partial charge is 0.507 e. The predicted octanol–water partition coefficient (Wildman–Crippen LogP) is 6.01. The van der Waals surface area contributed by atoms with E-state index in [2.05, 4.69) is 78.5 Å². The van der Waals surface area contributed by atoms with Crippen LogP contribution in [0.1, 0.15) is 98.3 Å². The number of phenols is 1. The number of carbonyl (C=O) groups excluding carboxylic acids is 2. The van der Waals surface area contributed by atoms with Crippen LogP contribution in [0.2, 0.25) is 0 Å². The third-order valence-electron chi connectivity index (χ3n) is 4.63. The molecule has 4 N–H and O–H groups in total. The van der Waals surface area contributed by atoms with Crippen LogP contribution in [0.15, 0.2) is 24.3 Å². The fourth-order valence-corrected chi connectivity index (χ4v) is 2.89. The van der Waals surface area contributed by atoms with Crippen molar-refractivity contribution < 1.29 is 29.3 Å². The Kier molecular flexibility index (Phi) is 15.2. The topological polar surface area (TPSA) is 119 Å². The van der Waals surface area contributed by atoms with Crippen molar-refractivity contribution in [3.63, 3.8) is 0 Å². The van der Waals surface area contributed by atoms with E-state index in [0.29, 0.717) is 24.4 Å². The van der Waals surface area contributed by atoms with E-state index in [1.54, 1.807) is 13.8 Å². The number of aliphatic hydroxyl groups excluding tert-OH is 1. The van der Waals surface area contributed by atoms with Crippen molar-refractivity contribution >= 4 is 12.1 Å². The van der Waals surface area contributed by atoms with Crippen LogP contribution in [-0.4, -0.2) is 35.2 Å². The van der Waals surface area contributed by atoms with E-state index in [1.165, 1.54) is 0 Å². The number of unbranched alkanes of at least 4 members (excludes halogenated alkanes) is 1. The maximum Gasteiger partial charge on any atom is 0.406 e. The highest BCUT2D eigenvalue weighted by atomic mass is 16.6. The minimum absolute atomic E-state index is 0.0161. The lowest BCUT2D eigenvalue weighted by Crippen LogP contribution is -2.21. The summed E-state index contributed by atoms with van der Waals surface area (Å²) in [5.41, 5.74) is 8.25. The van der Waals surface area contributed by atoms with Gasteiger partial charge in [-0.3, -0.25) is 0 Å². The summed E-state index contributed by atoms with van der Waals surface area (Å²) < 4.78 is 8.90. The van der Waals surface area contributed by atoms with Crippen molar-refractivity contribution in [1.82, 2.24) is 0 Å². The normalized spacial score (nSPS) is 11.7. The molecule has 196 valence electrons. The number of benzene rings is 1. The Morgan fingerprint density at radius 2 is 1.62 bits per heavy atom. The van der Waals surface area contributed by atoms with Gasteiger partial charge in [-0.25, -0.2) is 9.59 Å². The first-order chi connectivity index (χ1) is 15.4. The van der Waals surface area contributed by atoms with Gasteiger partial charge in [-0.1, -0.05) is 80.5 Å². The third kappa shape index (κ3) is 13.9. The van der Waals surface area contributed by atoms with Crippen molar-refractivity contribution in [2.75, 3.05) is 6.61 Å². The molecule has 1 rings (SSSR count). The number of hydrogen-bond donors (Lipinski definition) is 3. The molecule has 7 heteroatoms. The summed E-state index contributed by atoms with van der Waals surface area (Å²) in [7, 11) is 0. The summed E-state index contributed by atoms with van der Waals surface area (Å²) in [6.07, 6.45) is 0.345. The first kappa shape index (κ1) is 33.6. The third-order valence-corrected chi connectivity index (χ3v) is 4.63. The maximum atomic E-state index is 10.7. The molecule has 1 amide bonds. The Labute approximate surface area is 206 Å². The summed E-state index contributed by atoms with van der Waals surface area (Å²) in [4.78, 5) is 20.5. The molecule has 1 unspecified atom stereocenters. The highest BCUT2D eigenvalue weighted by Gasteiger charge is 2.26. The average molecular weight is 482 g/mol. The highest BCUT2D eigenvalue weighted by Crippen LogP contribution is 2.40. The monoisotopic (exact) mass is 481 g/mol. The summed E-state index contributed by atoms with van der Waals surface area (Å²) in [6, 6.07) is 4.15. The molecular weight excluding hydrogens is 434 g/mol. The molecule has 0 aliphatic heterocycles. The molecule has 7 nitrogen and oxygen atoms in total. The van der Waals surface area contributed by atoms with Gasteiger partial charge in [0.15, 0.2) is 0 Å². The van der Waals surface area contributed by atoms with Crippen molar-refractivity contribution in [3.05, 3.63) is 41.0 Å². The van der Waals surface area contributed by atoms with E-state index in [4.69, 9.17) is 9.84 Å². The van der Waals surface area contributed by atoms with Crippen LogP contribution in [0.5, 0.6) is 5.75 Å². The Morgan fingerprint density at radius 3 is 1.94 bits per heavy atom. The van der Waals surface area contributed by atoms with Crippen LogP contribution in [0.4, 0.5) is 4.79 Å². The van der Waals surface area contributed by atoms with E-state index in [0.717, 1.165) is 29.5 Å². The number of primary amides is 1. The number of aliphatic hydroxyl groups is 1. The molecule has 0 radical (unpaired) electrons. The quantitative estimate of drug-likeness (QED) is 0.198. The molecular formula is C27H47NO6. The summed E-state index contributed by atoms with van der Waals surface area (Å²) in [5, 5.41) is 18.9. The van der Waals surface area contributed by atoms with Crippen LogP contribution in [0.3, 0.4) is 0 Å². The minimum atomic E-state index is -1.05. The van der Waals surface area contributed by atoms with Gasteiger partial charge in [0.2, 0.25) is 6.29 Å². The molecule has 0 saturated heterocycles. The molecule has 34 heavy (non-hydrogen) atoms. The number of phenolic OH excluding ortho intramolecular Hbond substituents is 1. The van der Waals surface area contributed by atoms with Gasteiger partial charge < -0.3 is 25.4 Å². The molecule has 0 aliphatic rings. The number of hydrogen-bond acceptors (Lipinski definition) is 6. The second-order valence-electron chi connectivity index (χ2n) is 10.2. The van der Waals surface area contributed by atoms with Gasteiger partial charge in [-0.05, 0) is 42.2 Å². The predicted molar refractivity (Wildman–Crippen MR) is 138 cm³/mol. The lowest BCUT2D eigenvalue weighted by molar-refractivity contribution is -0.139. The van der Waals surface area contributed by atoms with Gasteiger partial charge in [-0.15, -0.1) is 0 Å². The Hall–Kier alpha value is -2.54. The van der Waals surface area contributed by atoms with Crippen molar-refractivity contribution in [2.24, 2.45) is 5.73 Å². The zero-order chi connectivity index (χ0) is 27.3. The lowest BCUT2D eigenvalue weighted by Gasteiger charge is -2.28. The number of aryl methyl sites for hydroxylation is 1. The van der Waals surface area contributed by atoms with Gasteiger partial charge in [0, 0.05) is 17.6 Å². The van der Waals surface area contributed by atoms with E-state index in [1.807, 2.05) is 6.07 Å². The number of amides is 1. The maximum absolute atomic E-state index is 10.7. The number of nitrogens with two attached hydrogens (primary N) is 1. The standard InChI is InChI=1S/C15H24O.C8H14O2.C4H9NO3/c1-10-8-9-11(14(2,3)4)13(16)12(10)15(5,6)7;1-4-5-6-10-8(9)7(2)3;1-2-3(6)8-4(5)7/h8-9,16H,1-7H3;2,4-6H2,1,3H3;3,6H,2H2,1H3,(H2,5,7). The van der Waals surface area contributed by atoms with Crippen LogP contribution in [0, 0.1) is 6.92 Å². The molecule has 1 atom stereocenters. The lowest BCUT2D eigenvalue weighted by atomic mass is 9.77. The molecule has 0 bridgehead atoms. The molecule has 0 heterocycles. The van der Waals surface area contributed by atoms with Crippen molar-refractivity contribution in [3.8, 4) is 5.75 Å². The number of aromatic hydroxyl groups is 1. The van der Waals surface area contributed by atoms with Gasteiger partial charge in [0.25, 0.3) is 0 Å². The molecule has 0 saturated carbocycles. The number of rotatable bonds is 6. The van der Waals surface area contributed by atoms with Crippen molar-refractivity contribution in [2.45, 2.75) is 106 Å². The summed E-state index contributed by atoms with van der Waals surface area (Å²) in [6.45, 7) is 24.2. The van der Waals surface area contributed by atoms with Crippen LogP contribution in [-0.2, 0) is 25.1 Å². The van der Waals surface area contributed by atoms with Crippen LogP contribution >= 0.6 is 0 Å². The Balaban J connectivity index is 0. The number of esters is 1. The van der Waals surface area contributed by atoms with Crippen LogP contribution in [0.25, 0.3) is 0 Å². The van der Waals surface area contributed by atoms with E-state index < -0.39 is 12.4 Å². The van der Waals surface area contributed by atoms with Gasteiger partial charge in [-0.2, -0.15) is 0 Å². The molecule has 1 aromatic rings. The molecule has 0 spiro atoms. The van der Waals surface area contributed by atoms with E-state index in [9.17, 15) is 14.7 Å². The zero-order valence-electron chi connectivity index (χ0n) is 22.9. The Bertz CT molecular complexity index is 788. The van der Waals surface area contributed by atoms with Gasteiger partial charge >= 0.3 is 12.1 Å². The second kappa shape index (κ2) is 15.4. The summed E-state index contributed by atoms with van der Waals surface area (Å²) in [5.74, 6) is 0.188. The van der Waals surface area contributed by atoms with E-state index in [-0.39, 0.29) is 16.8 Å². The first-order valence-corrected chi connectivity index (χ1v) is 11.7. The second-order valence-corrected chi connectivity index (χ2v) is 10.2. The number of carbonyl (C=O) groups is 2. The highest BCUT2D eigenvalue weighted by molar-refractivity contribution is 5.86. The van der Waals surface area contributed by atoms with Crippen LogP contribution < -0.4 is 5.73 Å². The SMILES string of the molecule is C=C(C)C(=O)OCCCC.CCC(O)OC(N)=O.Cc1ccc(C(C)(C)C)c(O)c1C(C)(C)C.